The maximum Gasteiger partial charge on any atom is 0.122 e. The van der Waals surface area contributed by atoms with Crippen molar-refractivity contribution >= 4 is 10.1 Å². The minimum atomic E-state index is -4.35. The van der Waals surface area contributed by atoms with E-state index in [2.05, 4.69) is 128 Å². The van der Waals surface area contributed by atoms with Gasteiger partial charge in [-0.25, -0.2) is 0 Å². The largest absolute Gasteiger partial charge is 0.665 e. The molecule has 1 aromatic heterocycles. The molecule has 2 fully saturated rings. The summed E-state index contributed by atoms with van der Waals surface area (Å²) in [5.41, 5.74) is 5.13. The van der Waals surface area contributed by atoms with E-state index in [1.165, 1.54) is 48.9 Å². The molecule has 0 amide bonds. The zero-order valence-corrected chi connectivity index (χ0v) is 46.4. The predicted octanol–water partition coefficient (Wildman–Crippen LogP) is 17.4. The molecule has 1 heterocycles. The maximum absolute atomic E-state index is 12.9. The van der Waals surface area contributed by atoms with Crippen LogP contribution in [0.1, 0.15) is 168 Å². The average Bonchev–Trinajstić information content (AvgIpc) is 3.64. The zero-order chi connectivity index (χ0) is 49.3. The molecule has 7 heteroatoms. The van der Waals surface area contributed by atoms with Crippen molar-refractivity contribution in [3.63, 3.8) is 0 Å². The molecule has 0 radical (unpaired) electrons. The summed E-state index contributed by atoms with van der Waals surface area (Å²) in [4.78, 5) is 4.11. The van der Waals surface area contributed by atoms with Gasteiger partial charge in [0.2, 0.25) is 0 Å². The van der Waals surface area contributed by atoms with E-state index in [1.807, 2.05) is 56.3 Å². The van der Waals surface area contributed by atoms with Gasteiger partial charge >= 0.3 is 136 Å². The number of aromatic nitrogens is 1. The number of para-hydroxylation sites is 1. The van der Waals surface area contributed by atoms with Crippen LogP contribution >= 0.6 is 0 Å². The Morgan fingerprint density at radius 3 is 1.30 bits per heavy atom. The summed E-state index contributed by atoms with van der Waals surface area (Å²) in [5, 5.41) is 12.2. The second kappa shape index (κ2) is 24.4. The molecule has 66 heavy (non-hydrogen) atoms. The molecular formula is C59H86F3N2OW-. The Hall–Kier alpha value is -3.11. The number of aromatic hydroxyl groups is 1. The number of aryl methyl sites for hydroxylation is 2. The summed E-state index contributed by atoms with van der Waals surface area (Å²) < 4.78 is 45.1. The van der Waals surface area contributed by atoms with E-state index in [4.69, 9.17) is 0 Å². The Kier molecular flexibility index (Phi) is 20.5. The molecule has 0 bridgehead atoms. The SMILES string of the molecule is CC(C)([CH]=[W]=[N]c1ccccc1C(F)(F)F)c1ccccc1.CC(C)C1CC(C(C)C)C(c2cccc(C3C(C(C)C)CC(C(C)C)CC3C(C)C)c2O)C(C(C)C)C1.Cc1ccc(C)[n-]1. The van der Waals surface area contributed by atoms with Crippen LogP contribution in [0.4, 0.5) is 18.9 Å². The molecule has 2 aliphatic carbocycles. The molecule has 366 valence electrons. The fourth-order valence-corrected chi connectivity index (χ4v) is 13.8. The number of nitrogens with zero attached hydrogens (tertiary/aromatic N) is 2. The first-order valence-corrected chi connectivity index (χ1v) is 28.2. The fourth-order valence-electron chi connectivity index (χ4n) is 11.2. The third kappa shape index (κ3) is 14.7. The van der Waals surface area contributed by atoms with Gasteiger partial charge in [-0.1, -0.05) is 127 Å². The molecule has 0 saturated heterocycles. The Balaban J connectivity index is 0.000000274. The Labute approximate surface area is 407 Å². The summed E-state index contributed by atoms with van der Waals surface area (Å²) in [6, 6.07) is 26.4. The first kappa shape index (κ1) is 55.5. The Morgan fingerprint density at radius 1 is 0.561 bits per heavy atom. The van der Waals surface area contributed by atoms with Crippen molar-refractivity contribution in [1.29, 1.82) is 0 Å². The maximum atomic E-state index is 12.9. The van der Waals surface area contributed by atoms with Gasteiger partial charge in [0.05, 0.1) is 0 Å². The van der Waals surface area contributed by atoms with E-state index in [0.717, 1.165) is 46.7 Å². The summed E-state index contributed by atoms with van der Waals surface area (Å²) in [5.74, 6) is 9.68. The van der Waals surface area contributed by atoms with Crippen LogP contribution in [0.3, 0.4) is 0 Å². The van der Waals surface area contributed by atoms with E-state index in [0.29, 0.717) is 64.9 Å². The number of phenols is 1. The van der Waals surface area contributed by atoms with E-state index < -0.39 is 29.7 Å². The van der Waals surface area contributed by atoms with Crippen LogP contribution in [0.25, 0.3) is 0 Å². The van der Waals surface area contributed by atoms with Crippen LogP contribution in [0, 0.1) is 84.9 Å². The minimum Gasteiger partial charge on any atom is -0.665 e. The van der Waals surface area contributed by atoms with Gasteiger partial charge in [-0.2, -0.15) is 11.4 Å². The van der Waals surface area contributed by atoms with Gasteiger partial charge in [-0.05, 0) is 120 Å². The van der Waals surface area contributed by atoms with Crippen LogP contribution < -0.4 is 4.98 Å². The van der Waals surface area contributed by atoms with E-state index in [1.54, 1.807) is 6.07 Å². The van der Waals surface area contributed by atoms with Crippen molar-refractivity contribution < 1.29 is 36.2 Å². The number of halogens is 3. The van der Waals surface area contributed by atoms with Crippen LogP contribution in [-0.4, -0.2) is 9.51 Å². The third-order valence-electron chi connectivity index (χ3n) is 15.4. The molecule has 3 nitrogen and oxygen atoms in total. The summed E-state index contributed by atoms with van der Waals surface area (Å²) in [7, 11) is 0. The quantitative estimate of drug-likeness (QED) is 0.163. The number of benzene rings is 3. The van der Waals surface area contributed by atoms with Crippen LogP contribution in [0.15, 0.2) is 88.4 Å². The summed E-state index contributed by atoms with van der Waals surface area (Å²) in [6.45, 7) is 37.2. The molecule has 0 aliphatic heterocycles. The van der Waals surface area contributed by atoms with Crippen LogP contribution in [-0.2, 0) is 29.5 Å². The molecule has 4 atom stereocenters. The van der Waals surface area contributed by atoms with E-state index in [9.17, 15) is 18.3 Å². The van der Waals surface area contributed by atoms with Crippen molar-refractivity contribution in [3.8, 4) is 5.75 Å². The summed E-state index contributed by atoms with van der Waals surface area (Å²) in [6.07, 6.45) is 0.852. The van der Waals surface area contributed by atoms with Crippen molar-refractivity contribution in [1.82, 2.24) is 4.98 Å². The minimum absolute atomic E-state index is 0.0557. The number of rotatable bonds is 11. The number of phenolic OH excluding ortho intramolecular Hbond substituents is 1. The third-order valence-corrected chi connectivity index (χ3v) is 19.0. The van der Waals surface area contributed by atoms with Crippen LogP contribution in [0.5, 0.6) is 5.75 Å². The zero-order valence-electron chi connectivity index (χ0n) is 43.5. The Morgan fingerprint density at radius 2 is 0.955 bits per heavy atom. The normalized spacial score (nSPS) is 23.7. The molecule has 4 aromatic rings. The molecule has 1 N–H and O–H groups in total. The molecule has 6 rings (SSSR count). The van der Waals surface area contributed by atoms with Gasteiger partial charge in [0.25, 0.3) is 0 Å². The van der Waals surface area contributed by atoms with Crippen molar-refractivity contribution in [2.24, 2.45) is 74.5 Å². The smallest absolute Gasteiger partial charge is 0.122 e. The molecule has 2 aliphatic rings. The fraction of sp³-hybridized carbons (Fsp3) is 0.610. The Bertz CT molecular complexity index is 2020. The number of alkyl halides is 3. The molecular weight excluding hydrogens is 993 g/mol. The standard InChI is InChI=1S/C36H62O.C10H12.C7H4F3N.C6H8N.W/c1-20(2)26-16-30(22(5)6)34(31(17-26)23(7)8)28-14-13-15-29(36(28)37)35-32(24(9)10)18-27(21(3)4)19-33(35)25(11)12;1-10(2,3)9-7-5-4-6-8-9;8-7(9,10)5-3-1-2-4-6(5)11;1-5-3-4-6(2)7-5;/h13-15,20-27,30-35,37H,16-19H2,1-12H3;1,4-8H,2-3H3;1-4H;3-4H,1-2H3;/q;;;-1;. The summed E-state index contributed by atoms with van der Waals surface area (Å²) >= 11 is -1.38. The number of hydrogen-bond donors (Lipinski definition) is 1. The second-order valence-corrected chi connectivity index (χ2v) is 24.8. The molecule has 2 saturated carbocycles. The molecule has 0 spiro atoms. The average molecular weight is 1080 g/mol. The van der Waals surface area contributed by atoms with Gasteiger partial charge < -0.3 is 10.1 Å². The van der Waals surface area contributed by atoms with Gasteiger partial charge in [0, 0.05) is 0 Å². The molecule has 3 aromatic carbocycles. The van der Waals surface area contributed by atoms with Gasteiger partial charge in [0.15, 0.2) is 0 Å². The first-order chi connectivity index (χ1) is 30.8. The first-order valence-electron chi connectivity index (χ1n) is 25.2. The molecule has 4 unspecified atom stereocenters. The van der Waals surface area contributed by atoms with E-state index in [-0.39, 0.29) is 11.1 Å². The van der Waals surface area contributed by atoms with Crippen LogP contribution in [0.2, 0.25) is 0 Å². The van der Waals surface area contributed by atoms with Crippen molar-refractivity contribution in [2.45, 2.75) is 160 Å². The van der Waals surface area contributed by atoms with Crippen molar-refractivity contribution in [3.05, 3.63) is 119 Å². The van der Waals surface area contributed by atoms with Gasteiger partial charge in [-0.15, -0.1) is 0 Å². The topological polar surface area (TPSA) is 46.7 Å². The van der Waals surface area contributed by atoms with E-state index >= 15 is 0 Å². The predicted molar refractivity (Wildman–Crippen MR) is 270 cm³/mol. The monoisotopic (exact) mass is 1080 g/mol. The van der Waals surface area contributed by atoms with Crippen molar-refractivity contribution in [2.75, 3.05) is 0 Å². The second-order valence-electron chi connectivity index (χ2n) is 22.6. The van der Waals surface area contributed by atoms with Gasteiger partial charge in [0.1, 0.15) is 5.75 Å². The number of hydrogen-bond acceptors (Lipinski definition) is 2. The van der Waals surface area contributed by atoms with Gasteiger partial charge in [-0.3, -0.25) is 0 Å².